The Bertz CT molecular complexity index is 918. The first-order chi connectivity index (χ1) is 11.5. The van der Waals surface area contributed by atoms with E-state index in [0.717, 1.165) is 44.5 Å². The molecule has 124 valence electrons. The molecule has 0 saturated heterocycles. The van der Waals surface area contributed by atoms with Crippen molar-refractivity contribution < 1.29 is 9.90 Å². The number of hydrogen-bond acceptors (Lipinski definition) is 3. The summed E-state index contributed by atoms with van der Waals surface area (Å²) < 4.78 is 2.84. The number of aliphatic carboxylic acids is 1. The highest BCUT2D eigenvalue weighted by Crippen LogP contribution is 2.33. The molecular formula is C18H18BrN3O2. The molecule has 0 aromatic carbocycles. The van der Waals surface area contributed by atoms with Crippen molar-refractivity contribution >= 4 is 27.4 Å². The number of carboxylic acids is 1. The average molecular weight is 388 g/mol. The first-order valence-electron chi connectivity index (χ1n) is 7.84. The minimum absolute atomic E-state index is 0.0778. The molecular weight excluding hydrogens is 370 g/mol. The molecule has 0 radical (unpaired) electrons. The monoisotopic (exact) mass is 387 g/mol. The number of aryl methyl sites for hydroxylation is 2. The number of halogens is 1. The van der Waals surface area contributed by atoms with Gasteiger partial charge in [-0.1, -0.05) is 6.92 Å². The molecule has 0 aliphatic rings. The molecule has 0 saturated carbocycles. The number of nitrogens with zero attached hydrogens (tertiary/aromatic N) is 3. The lowest BCUT2D eigenvalue weighted by molar-refractivity contribution is -0.136. The van der Waals surface area contributed by atoms with Crippen LogP contribution in [0, 0.1) is 6.92 Å². The molecule has 5 nitrogen and oxygen atoms in total. The van der Waals surface area contributed by atoms with E-state index in [2.05, 4.69) is 39.0 Å². The van der Waals surface area contributed by atoms with Gasteiger partial charge in [0.15, 0.2) is 0 Å². The van der Waals surface area contributed by atoms with Crippen molar-refractivity contribution in [1.82, 2.24) is 14.6 Å². The third-order valence-corrected chi connectivity index (χ3v) is 4.56. The topological polar surface area (TPSA) is 67.5 Å². The molecule has 0 fully saturated rings. The van der Waals surface area contributed by atoms with Gasteiger partial charge in [-0.2, -0.15) is 5.10 Å². The Kier molecular flexibility index (Phi) is 4.66. The van der Waals surface area contributed by atoms with Gasteiger partial charge < -0.3 is 5.11 Å². The zero-order valence-electron chi connectivity index (χ0n) is 13.6. The van der Waals surface area contributed by atoms with E-state index in [1.807, 2.05) is 29.8 Å². The zero-order valence-corrected chi connectivity index (χ0v) is 15.2. The summed E-state index contributed by atoms with van der Waals surface area (Å²) in [5.41, 5.74) is 5.90. The molecule has 3 aromatic rings. The summed E-state index contributed by atoms with van der Waals surface area (Å²) in [6, 6.07) is 6.12. The summed E-state index contributed by atoms with van der Waals surface area (Å²) in [4.78, 5) is 15.3. The first-order valence-corrected chi connectivity index (χ1v) is 8.63. The van der Waals surface area contributed by atoms with Gasteiger partial charge in [0.05, 0.1) is 11.2 Å². The third kappa shape index (κ3) is 3.06. The fourth-order valence-electron chi connectivity index (χ4n) is 3.00. The summed E-state index contributed by atoms with van der Waals surface area (Å²) >= 11 is 3.47. The molecule has 24 heavy (non-hydrogen) atoms. The van der Waals surface area contributed by atoms with Crippen LogP contribution in [0.5, 0.6) is 0 Å². The summed E-state index contributed by atoms with van der Waals surface area (Å²) in [5.74, 6) is -0.808. The molecule has 0 spiro atoms. The Morgan fingerprint density at radius 3 is 2.79 bits per heavy atom. The van der Waals surface area contributed by atoms with Crippen LogP contribution in [-0.4, -0.2) is 25.7 Å². The van der Waals surface area contributed by atoms with E-state index in [4.69, 9.17) is 5.11 Å². The van der Waals surface area contributed by atoms with E-state index in [1.54, 1.807) is 6.20 Å². The van der Waals surface area contributed by atoms with Gasteiger partial charge in [0.1, 0.15) is 0 Å². The molecule has 3 rings (SSSR count). The molecule has 0 unspecified atom stereocenters. The fourth-order valence-corrected chi connectivity index (χ4v) is 3.37. The summed E-state index contributed by atoms with van der Waals surface area (Å²) in [5, 5.41) is 13.8. The zero-order chi connectivity index (χ0) is 17.3. The van der Waals surface area contributed by atoms with Crippen LogP contribution in [0.4, 0.5) is 0 Å². The van der Waals surface area contributed by atoms with E-state index >= 15 is 0 Å². The van der Waals surface area contributed by atoms with Crippen molar-refractivity contribution in [3.8, 4) is 11.1 Å². The van der Waals surface area contributed by atoms with Crippen LogP contribution >= 0.6 is 15.9 Å². The molecule has 1 N–H and O–H groups in total. The van der Waals surface area contributed by atoms with Crippen molar-refractivity contribution in [2.75, 3.05) is 0 Å². The number of hydrogen-bond donors (Lipinski definition) is 1. The highest BCUT2D eigenvalue weighted by atomic mass is 79.9. The second-order valence-corrected chi connectivity index (χ2v) is 6.62. The van der Waals surface area contributed by atoms with E-state index in [0.29, 0.717) is 6.42 Å². The van der Waals surface area contributed by atoms with Gasteiger partial charge in [0.2, 0.25) is 0 Å². The van der Waals surface area contributed by atoms with Crippen molar-refractivity contribution in [1.29, 1.82) is 0 Å². The van der Waals surface area contributed by atoms with Gasteiger partial charge in [0.25, 0.3) is 0 Å². The van der Waals surface area contributed by atoms with Crippen LogP contribution in [0.1, 0.15) is 30.3 Å². The SMILES string of the molecule is CCc1ccc2c(-c3cncc(Br)c3)c(CCC(=O)O)c(C)nn12. The van der Waals surface area contributed by atoms with E-state index in [-0.39, 0.29) is 6.42 Å². The first kappa shape index (κ1) is 16.6. The lowest BCUT2D eigenvalue weighted by atomic mass is 9.96. The number of carboxylic acid groups (broad SMARTS) is 1. The Labute approximate surface area is 148 Å². The van der Waals surface area contributed by atoms with E-state index in [9.17, 15) is 4.79 Å². The molecule has 0 bridgehead atoms. The quantitative estimate of drug-likeness (QED) is 0.716. The third-order valence-electron chi connectivity index (χ3n) is 4.12. The van der Waals surface area contributed by atoms with Gasteiger partial charge in [-0.15, -0.1) is 0 Å². The summed E-state index contributed by atoms with van der Waals surface area (Å²) in [6.07, 6.45) is 4.95. The normalized spacial score (nSPS) is 11.1. The predicted molar refractivity (Wildman–Crippen MR) is 96.2 cm³/mol. The number of carbonyl (C=O) groups is 1. The summed E-state index contributed by atoms with van der Waals surface area (Å²) in [7, 11) is 0. The number of rotatable bonds is 5. The molecule has 0 aliphatic heterocycles. The highest BCUT2D eigenvalue weighted by Gasteiger charge is 2.17. The maximum absolute atomic E-state index is 11.1. The van der Waals surface area contributed by atoms with Gasteiger partial charge in [0, 0.05) is 40.1 Å². The van der Waals surface area contributed by atoms with E-state index in [1.165, 1.54) is 0 Å². The number of aromatic nitrogens is 3. The van der Waals surface area contributed by atoms with Gasteiger partial charge in [-0.3, -0.25) is 9.78 Å². The Balaban J connectivity index is 2.30. The van der Waals surface area contributed by atoms with Gasteiger partial charge in [-0.25, -0.2) is 4.52 Å². The predicted octanol–water partition coefficient (Wildman–Crippen LogP) is 4.05. The molecule has 3 aromatic heterocycles. The second-order valence-electron chi connectivity index (χ2n) is 5.70. The fraction of sp³-hybridized carbons (Fsp3) is 0.278. The van der Waals surface area contributed by atoms with Crippen LogP contribution in [-0.2, 0) is 17.6 Å². The average Bonchev–Trinajstić information content (AvgIpc) is 2.94. The second kappa shape index (κ2) is 6.73. The van der Waals surface area contributed by atoms with Gasteiger partial charge >= 0.3 is 5.97 Å². The summed E-state index contributed by atoms with van der Waals surface area (Å²) in [6.45, 7) is 4.03. The largest absolute Gasteiger partial charge is 0.481 e. The minimum atomic E-state index is -0.808. The minimum Gasteiger partial charge on any atom is -0.481 e. The van der Waals surface area contributed by atoms with Crippen molar-refractivity contribution in [3.05, 3.63) is 52.0 Å². The van der Waals surface area contributed by atoms with Crippen molar-refractivity contribution in [2.24, 2.45) is 0 Å². The molecule has 0 aliphatic carbocycles. The number of pyridine rings is 1. The van der Waals surface area contributed by atoms with Gasteiger partial charge in [-0.05, 0) is 59.5 Å². The van der Waals surface area contributed by atoms with Crippen molar-refractivity contribution in [2.45, 2.75) is 33.1 Å². The maximum atomic E-state index is 11.1. The maximum Gasteiger partial charge on any atom is 0.303 e. The number of fused-ring (bicyclic) bond motifs is 1. The van der Waals surface area contributed by atoms with E-state index < -0.39 is 5.97 Å². The van der Waals surface area contributed by atoms with Crippen LogP contribution in [0.2, 0.25) is 0 Å². The van der Waals surface area contributed by atoms with Crippen LogP contribution in [0.15, 0.2) is 35.1 Å². The standard InChI is InChI=1S/C18H18BrN3O2/c1-3-14-4-6-16-18(12-8-13(19)10-20-9-12)15(5-7-17(23)24)11(2)21-22(14)16/h4,6,8-10H,3,5,7H2,1-2H3,(H,23,24). The lowest BCUT2D eigenvalue weighted by Gasteiger charge is -2.15. The van der Waals surface area contributed by atoms with Crippen LogP contribution < -0.4 is 0 Å². The Hall–Kier alpha value is -2.21. The molecule has 3 heterocycles. The Morgan fingerprint density at radius 2 is 2.12 bits per heavy atom. The lowest BCUT2D eigenvalue weighted by Crippen LogP contribution is -2.08. The smallest absolute Gasteiger partial charge is 0.303 e. The van der Waals surface area contributed by atoms with Crippen LogP contribution in [0.25, 0.3) is 16.6 Å². The van der Waals surface area contributed by atoms with Crippen molar-refractivity contribution in [3.63, 3.8) is 0 Å². The van der Waals surface area contributed by atoms with Crippen LogP contribution in [0.3, 0.4) is 0 Å². The molecule has 0 atom stereocenters. The highest BCUT2D eigenvalue weighted by molar-refractivity contribution is 9.10. The Morgan fingerprint density at radius 1 is 1.33 bits per heavy atom. The molecule has 6 heteroatoms. The molecule has 0 amide bonds.